The van der Waals surface area contributed by atoms with E-state index in [2.05, 4.69) is 10.3 Å². The summed E-state index contributed by atoms with van der Waals surface area (Å²) < 4.78 is 14.6. The maximum Gasteiger partial charge on any atom is 0.315 e. The van der Waals surface area contributed by atoms with E-state index in [1.807, 2.05) is 0 Å². The van der Waals surface area contributed by atoms with Crippen LogP contribution in [0.2, 0.25) is 0 Å². The predicted octanol–water partition coefficient (Wildman–Crippen LogP) is 1.37. The molecule has 2 N–H and O–H groups in total. The number of rotatable bonds is 3. The first kappa shape index (κ1) is 13.0. The van der Waals surface area contributed by atoms with Crippen molar-refractivity contribution in [3.05, 3.63) is 24.0 Å². The lowest BCUT2D eigenvalue weighted by Crippen LogP contribution is -2.28. The van der Waals surface area contributed by atoms with Gasteiger partial charge in [-0.3, -0.25) is 14.9 Å². The van der Waals surface area contributed by atoms with Gasteiger partial charge in [-0.15, -0.1) is 0 Å². The maximum absolute atomic E-state index is 13.1. The summed E-state index contributed by atoms with van der Waals surface area (Å²) in [5.74, 6) is -3.33. The van der Waals surface area contributed by atoms with Gasteiger partial charge in [-0.1, -0.05) is 0 Å². The Morgan fingerprint density at radius 1 is 1.47 bits per heavy atom. The van der Waals surface area contributed by atoms with Gasteiger partial charge in [0, 0.05) is 13.1 Å². The third-order valence-corrected chi connectivity index (χ3v) is 2.84. The van der Waals surface area contributed by atoms with Crippen molar-refractivity contribution in [2.45, 2.75) is 6.92 Å². The number of imidazole rings is 1. The van der Waals surface area contributed by atoms with Gasteiger partial charge in [0.05, 0.1) is 11.0 Å². The third kappa shape index (κ3) is 2.40. The molecule has 1 aromatic carbocycles. The summed E-state index contributed by atoms with van der Waals surface area (Å²) in [7, 11) is 1.65. The number of carboxylic acid groups (broad SMARTS) is 1. The third-order valence-electron chi connectivity index (χ3n) is 2.84. The fraction of sp³-hybridized carbons (Fsp3) is 0.250. The second-order valence-corrected chi connectivity index (χ2v) is 4.18. The molecule has 0 aliphatic rings. The molecule has 1 atom stereocenters. The van der Waals surface area contributed by atoms with Gasteiger partial charge in [0.2, 0.25) is 11.9 Å². The highest BCUT2D eigenvalue weighted by molar-refractivity contribution is 6.03. The van der Waals surface area contributed by atoms with Crippen LogP contribution in [0.25, 0.3) is 11.0 Å². The Morgan fingerprint density at radius 2 is 2.16 bits per heavy atom. The number of nitrogens with zero attached hydrogens (tertiary/aromatic N) is 2. The largest absolute Gasteiger partial charge is 0.481 e. The molecule has 0 saturated heterocycles. The van der Waals surface area contributed by atoms with Crippen LogP contribution < -0.4 is 5.32 Å². The van der Waals surface area contributed by atoms with Gasteiger partial charge in [0.25, 0.3) is 0 Å². The summed E-state index contributed by atoms with van der Waals surface area (Å²) in [6.45, 7) is 1.28. The van der Waals surface area contributed by atoms with Crippen molar-refractivity contribution in [2.24, 2.45) is 13.0 Å². The van der Waals surface area contributed by atoms with Crippen LogP contribution >= 0.6 is 0 Å². The quantitative estimate of drug-likeness (QED) is 0.821. The van der Waals surface area contributed by atoms with E-state index in [0.29, 0.717) is 11.0 Å². The molecule has 0 bridgehead atoms. The number of benzene rings is 1. The molecule has 100 valence electrons. The molecule has 1 aromatic heterocycles. The summed E-state index contributed by atoms with van der Waals surface area (Å²) >= 11 is 0. The molecule has 0 fully saturated rings. The SMILES string of the molecule is CC(C(=O)O)C(=O)Nc1nc2cc(F)ccc2n1C. The number of carboxylic acids is 1. The van der Waals surface area contributed by atoms with Crippen molar-refractivity contribution in [3.63, 3.8) is 0 Å². The fourth-order valence-electron chi connectivity index (χ4n) is 1.62. The zero-order chi connectivity index (χ0) is 14.2. The van der Waals surface area contributed by atoms with Crippen molar-refractivity contribution in [1.29, 1.82) is 0 Å². The van der Waals surface area contributed by atoms with Gasteiger partial charge in [-0.05, 0) is 19.1 Å². The summed E-state index contributed by atoms with van der Waals surface area (Å²) in [6.07, 6.45) is 0. The van der Waals surface area contributed by atoms with Crippen molar-refractivity contribution < 1.29 is 19.1 Å². The molecule has 0 aliphatic heterocycles. The minimum Gasteiger partial charge on any atom is -0.481 e. The van der Waals surface area contributed by atoms with E-state index in [9.17, 15) is 14.0 Å². The second kappa shape index (κ2) is 4.68. The number of aryl methyl sites for hydroxylation is 1. The first-order valence-electron chi connectivity index (χ1n) is 5.56. The van der Waals surface area contributed by atoms with E-state index in [1.54, 1.807) is 11.6 Å². The number of amides is 1. The molecular weight excluding hydrogens is 253 g/mol. The van der Waals surface area contributed by atoms with Gasteiger partial charge < -0.3 is 9.67 Å². The number of nitrogens with one attached hydrogen (secondary N) is 1. The minimum atomic E-state index is -1.22. The number of carbonyl (C=O) groups excluding carboxylic acids is 1. The topological polar surface area (TPSA) is 84.2 Å². The standard InChI is InChI=1S/C12H12FN3O3/c1-6(11(18)19)10(17)15-12-14-8-5-7(13)3-4-9(8)16(12)2/h3-6H,1-2H3,(H,18,19)(H,14,15,17). The Balaban J connectivity index is 2.33. The average Bonchev–Trinajstić information content (AvgIpc) is 2.64. The van der Waals surface area contributed by atoms with Gasteiger partial charge in [-0.2, -0.15) is 0 Å². The molecule has 0 radical (unpaired) electrons. The minimum absolute atomic E-state index is 0.179. The molecule has 0 saturated carbocycles. The van der Waals surface area contributed by atoms with Crippen molar-refractivity contribution in [3.8, 4) is 0 Å². The lowest BCUT2D eigenvalue weighted by molar-refractivity contribution is -0.144. The molecule has 0 spiro atoms. The number of hydrogen-bond donors (Lipinski definition) is 2. The van der Waals surface area contributed by atoms with E-state index in [0.717, 1.165) is 0 Å². The maximum atomic E-state index is 13.1. The number of aromatic nitrogens is 2. The van der Waals surface area contributed by atoms with E-state index in [1.165, 1.54) is 25.1 Å². The number of aliphatic carboxylic acids is 1. The van der Waals surface area contributed by atoms with Crippen LogP contribution in [0.15, 0.2) is 18.2 Å². The number of halogens is 1. The van der Waals surface area contributed by atoms with Crippen LogP contribution in [0, 0.1) is 11.7 Å². The number of hydrogen-bond acceptors (Lipinski definition) is 3. The molecule has 19 heavy (non-hydrogen) atoms. The Bertz CT molecular complexity index is 666. The summed E-state index contributed by atoms with van der Waals surface area (Å²) in [4.78, 5) is 26.4. The lowest BCUT2D eigenvalue weighted by Gasteiger charge is -2.07. The molecular formula is C12H12FN3O3. The highest BCUT2D eigenvalue weighted by atomic mass is 19.1. The number of carbonyl (C=O) groups is 2. The molecule has 6 nitrogen and oxygen atoms in total. The molecule has 1 unspecified atom stereocenters. The van der Waals surface area contributed by atoms with Crippen LogP contribution in [-0.4, -0.2) is 26.5 Å². The van der Waals surface area contributed by atoms with Crippen molar-refractivity contribution >= 4 is 28.9 Å². The highest BCUT2D eigenvalue weighted by Gasteiger charge is 2.22. The Labute approximate surface area is 107 Å². The van der Waals surface area contributed by atoms with Gasteiger partial charge in [0.15, 0.2) is 0 Å². The molecule has 0 aliphatic carbocycles. The van der Waals surface area contributed by atoms with Crippen LogP contribution in [0.4, 0.5) is 10.3 Å². The van der Waals surface area contributed by atoms with E-state index in [4.69, 9.17) is 5.11 Å². The zero-order valence-corrected chi connectivity index (χ0v) is 10.3. The summed E-state index contributed by atoms with van der Waals surface area (Å²) in [5, 5.41) is 11.1. The van der Waals surface area contributed by atoms with Crippen LogP contribution in [0.3, 0.4) is 0 Å². The monoisotopic (exact) mass is 265 g/mol. The zero-order valence-electron chi connectivity index (χ0n) is 10.3. The van der Waals surface area contributed by atoms with E-state index < -0.39 is 23.6 Å². The van der Waals surface area contributed by atoms with Crippen molar-refractivity contribution in [1.82, 2.24) is 9.55 Å². The summed E-state index contributed by atoms with van der Waals surface area (Å²) in [6, 6.07) is 4.06. The molecule has 2 rings (SSSR count). The highest BCUT2D eigenvalue weighted by Crippen LogP contribution is 2.19. The van der Waals surface area contributed by atoms with Gasteiger partial charge >= 0.3 is 5.97 Å². The Kier molecular flexibility index (Phi) is 3.20. The smallest absolute Gasteiger partial charge is 0.315 e. The Morgan fingerprint density at radius 3 is 2.79 bits per heavy atom. The van der Waals surface area contributed by atoms with E-state index in [-0.39, 0.29) is 5.95 Å². The average molecular weight is 265 g/mol. The predicted molar refractivity (Wildman–Crippen MR) is 66.1 cm³/mol. The van der Waals surface area contributed by atoms with Crippen molar-refractivity contribution in [2.75, 3.05) is 5.32 Å². The van der Waals surface area contributed by atoms with Gasteiger partial charge in [-0.25, -0.2) is 9.37 Å². The first-order valence-corrected chi connectivity index (χ1v) is 5.56. The van der Waals surface area contributed by atoms with Crippen LogP contribution in [0.5, 0.6) is 0 Å². The Hall–Kier alpha value is -2.44. The second-order valence-electron chi connectivity index (χ2n) is 4.18. The fourth-order valence-corrected chi connectivity index (χ4v) is 1.62. The molecule has 2 aromatic rings. The van der Waals surface area contributed by atoms with E-state index >= 15 is 0 Å². The van der Waals surface area contributed by atoms with Gasteiger partial charge in [0.1, 0.15) is 11.7 Å². The number of anilines is 1. The molecule has 1 heterocycles. The molecule has 1 amide bonds. The molecule has 7 heteroatoms. The van der Waals surface area contributed by atoms with Crippen LogP contribution in [0.1, 0.15) is 6.92 Å². The summed E-state index contributed by atoms with van der Waals surface area (Å²) in [5.41, 5.74) is 1.03. The normalized spacial score (nSPS) is 12.4. The first-order chi connectivity index (χ1) is 8.90. The number of fused-ring (bicyclic) bond motifs is 1. The lowest BCUT2D eigenvalue weighted by atomic mass is 10.2. The van der Waals surface area contributed by atoms with Crippen LogP contribution in [-0.2, 0) is 16.6 Å².